The molecule has 0 amide bonds. The number of aromatic nitrogens is 2. The first kappa shape index (κ1) is 13.6. The fourth-order valence-electron chi connectivity index (χ4n) is 1.85. The second kappa shape index (κ2) is 6.38. The van der Waals surface area contributed by atoms with Crippen molar-refractivity contribution in [2.75, 3.05) is 12.4 Å². The molecule has 0 fully saturated rings. The molecule has 0 spiro atoms. The third kappa shape index (κ3) is 3.15. The van der Waals surface area contributed by atoms with Gasteiger partial charge in [-0.15, -0.1) is 0 Å². The van der Waals surface area contributed by atoms with Gasteiger partial charge in [0.1, 0.15) is 23.0 Å². The summed E-state index contributed by atoms with van der Waals surface area (Å²) in [6.45, 7) is 2.09. The molecule has 2 aromatic rings. The third-order valence-electron chi connectivity index (χ3n) is 2.75. The Morgan fingerprint density at radius 2 is 2.05 bits per heavy atom. The van der Waals surface area contributed by atoms with Crippen LogP contribution in [0.1, 0.15) is 18.9 Å². The maximum Gasteiger partial charge on any atom is 0.142 e. The summed E-state index contributed by atoms with van der Waals surface area (Å²) >= 11 is 6.13. The van der Waals surface area contributed by atoms with Crippen LogP contribution in [0.4, 0.5) is 11.5 Å². The second-order valence-corrected chi connectivity index (χ2v) is 4.42. The van der Waals surface area contributed by atoms with Crippen LogP contribution in [0.25, 0.3) is 0 Å². The molecule has 1 N–H and O–H groups in total. The van der Waals surface area contributed by atoms with E-state index in [0.29, 0.717) is 5.15 Å². The number of nitrogens with one attached hydrogen (secondary N) is 1. The van der Waals surface area contributed by atoms with E-state index in [0.717, 1.165) is 35.7 Å². The Bertz CT molecular complexity index is 560. The van der Waals surface area contributed by atoms with E-state index in [2.05, 4.69) is 22.2 Å². The lowest BCUT2D eigenvalue weighted by Gasteiger charge is -2.13. The van der Waals surface area contributed by atoms with Gasteiger partial charge in [0.2, 0.25) is 0 Å². The molecule has 0 aliphatic heterocycles. The molecule has 0 radical (unpaired) electrons. The number of nitrogens with zero attached hydrogens (tertiary/aromatic N) is 2. The lowest BCUT2D eigenvalue weighted by atomic mass is 10.2. The van der Waals surface area contributed by atoms with Gasteiger partial charge in [-0.2, -0.15) is 0 Å². The van der Waals surface area contributed by atoms with Crippen LogP contribution in [0.5, 0.6) is 5.75 Å². The van der Waals surface area contributed by atoms with Gasteiger partial charge in [-0.05, 0) is 18.6 Å². The molecule has 19 heavy (non-hydrogen) atoms. The van der Waals surface area contributed by atoms with Gasteiger partial charge in [0, 0.05) is 5.56 Å². The lowest BCUT2D eigenvalue weighted by molar-refractivity contribution is 0.417. The summed E-state index contributed by atoms with van der Waals surface area (Å²) in [5.41, 5.74) is 1.79. The summed E-state index contributed by atoms with van der Waals surface area (Å²) in [5.74, 6) is 1.49. The largest absolute Gasteiger partial charge is 0.495 e. The van der Waals surface area contributed by atoms with Gasteiger partial charge >= 0.3 is 0 Å². The van der Waals surface area contributed by atoms with Gasteiger partial charge in [-0.25, -0.2) is 9.97 Å². The predicted molar refractivity (Wildman–Crippen MR) is 77.3 cm³/mol. The monoisotopic (exact) mass is 277 g/mol. The molecule has 0 saturated carbocycles. The van der Waals surface area contributed by atoms with Crippen LogP contribution < -0.4 is 10.1 Å². The normalized spacial score (nSPS) is 10.3. The number of methoxy groups -OCH3 is 1. The van der Waals surface area contributed by atoms with E-state index in [-0.39, 0.29) is 0 Å². The summed E-state index contributed by atoms with van der Waals surface area (Å²) in [6.07, 6.45) is 3.27. The molecule has 0 aliphatic rings. The Kier molecular flexibility index (Phi) is 4.58. The molecule has 1 heterocycles. The minimum atomic E-state index is 0.495. The molecule has 0 atom stereocenters. The highest BCUT2D eigenvalue weighted by Crippen LogP contribution is 2.29. The Hall–Kier alpha value is -1.81. The highest BCUT2D eigenvalue weighted by atomic mass is 35.5. The van der Waals surface area contributed by atoms with Crippen molar-refractivity contribution in [3.8, 4) is 5.75 Å². The van der Waals surface area contributed by atoms with Crippen LogP contribution in [-0.2, 0) is 6.42 Å². The molecule has 0 bridgehead atoms. The Morgan fingerprint density at radius 1 is 1.26 bits per heavy atom. The summed E-state index contributed by atoms with van der Waals surface area (Å²) in [4.78, 5) is 8.29. The minimum absolute atomic E-state index is 0.495. The molecule has 2 rings (SSSR count). The minimum Gasteiger partial charge on any atom is -0.495 e. The van der Waals surface area contributed by atoms with E-state index in [9.17, 15) is 0 Å². The third-order valence-corrected chi connectivity index (χ3v) is 3.08. The first-order chi connectivity index (χ1) is 9.26. The quantitative estimate of drug-likeness (QED) is 0.844. The van der Waals surface area contributed by atoms with Crippen molar-refractivity contribution in [3.05, 3.63) is 41.3 Å². The Morgan fingerprint density at radius 3 is 2.79 bits per heavy atom. The Labute approximate surface area is 117 Å². The zero-order valence-corrected chi connectivity index (χ0v) is 11.7. The standard InChI is InChI=1S/C14H16ClN3O/c1-3-6-10-13(15)16-9-17-14(10)18-11-7-4-5-8-12(11)19-2/h4-5,7-9H,3,6H2,1-2H3,(H,16,17,18). The fraction of sp³-hybridized carbons (Fsp3) is 0.286. The maximum absolute atomic E-state index is 6.13. The molecule has 0 aliphatic carbocycles. The SMILES string of the molecule is CCCc1c(Cl)ncnc1Nc1ccccc1OC. The van der Waals surface area contributed by atoms with Crippen molar-refractivity contribution >= 4 is 23.1 Å². The summed E-state index contributed by atoms with van der Waals surface area (Å²) in [7, 11) is 1.64. The van der Waals surface area contributed by atoms with E-state index >= 15 is 0 Å². The molecule has 1 aromatic heterocycles. The lowest BCUT2D eigenvalue weighted by Crippen LogP contribution is -2.02. The first-order valence-corrected chi connectivity index (χ1v) is 6.53. The highest BCUT2D eigenvalue weighted by molar-refractivity contribution is 6.30. The second-order valence-electron chi connectivity index (χ2n) is 4.07. The van der Waals surface area contributed by atoms with Gasteiger partial charge in [-0.1, -0.05) is 37.1 Å². The molecule has 0 unspecified atom stereocenters. The van der Waals surface area contributed by atoms with Gasteiger partial charge in [0.25, 0.3) is 0 Å². The molecule has 5 heteroatoms. The number of anilines is 2. The number of para-hydroxylation sites is 2. The molecular formula is C14H16ClN3O. The van der Waals surface area contributed by atoms with Gasteiger partial charge in [0.05, 0.1) is 12.8 Å². The van der Waals surface area contributed by atoms with Crippen molar-refractivity contribution in [1.29, 1.82) is 0 Å². The zero-order chi connectivity index (χ0) is 13.7. The number of benzene rings is 1. The van der Waals surface area contributed by atoms with Crippen molar-refractivity contribution in [3.63, 3.8) is 0 Å². The van der Waals surface area contributed by atoms with Crippen LogP contribution in [-0.4, -0.2) is 17.1 Å². The van der Waals surface area contributed by atoms with E-state index in [1.54, 1.807) is 7.11 Å². The summed E-state index contributed by atoms with van der Waals surface area (Å²) < 4.78 is 5.31. The number of halogens is 1. The molecule has 0 saturated heterocycles. The van der Waals surface area contributed by atoms with E-state index in [1.165, 1.54) is 6.33 Å². The smallest absolute Gasteiger partial charge is 0.142 e. The Balaban J connectivity index is 2.35. The highest BCUT2D eigenvalue weighted by Gasteiger charge is 2.11. The predicted octanol–water partition coefficient (Wildman–Crippen LogP) is 3.83. The van der Waals surface area contributed by atoms with Crippen molar-refractivity contribution in [1.82, 2.24) is 9.97 Å². The van der Waals surface area contributed by atoms with E-state index in [1.807, 2.05) is 24.3 Å². The van der Waals surface area contributed by atoms with Gasteiger partial charge in [0.15, 0.2) is 0 Å². The van der Waals surface area contributed by atoms with Crippen LogP contribution in [0.15, 0.2) is 30.6 Å². The van der Waals surface area contributed by atoms with Crippen LogP contribution in [0.2, 0.25) is 5.15 Å². The van der Waals surface area contributed by atoms with Crippen LogP contribution in [0, 0.1) is 0 Å². The zero-order valence-electron chi connectivity index (χ0n) is 11.0. The van der Waals surface area contributed by atoms with Gasteiger partial charge < -0.3 is 10.1 Å². The average molecular weight is 278 g/mol. The number of hydrogen-bond acceptors (Lipinski definition) is 4. The van der Waals surface area contributed by atoms with E-state index in [4.69, 9.17) is 16.3 Å². The van der Waals surface area contributed by atoms with Gasteiger partial charge in [-0.3, -0.25) is 0 Å². The molecule has 100 valence electrons. The van der Waals surface area contributed by atoms with E-state index < -0.39 is 0 Å². The topological polar surface area (TPSA) is 47.0 Å². The molecule has 1 aromatic carbocycles. The van der Waals surface area contributed by atoms with Crippen LogP contribution in [0.3, 0.4) is 0 Å². The molecular weight excluding hydrogens is 262 g/mol. The van der Waals surface area contributed by atoms with Crippen LogP contribution >= 0.6 is 11.6 Å². The first-order valence-electron chi connectivity index (χ1n) is 6.15. The summed E-state index contributed by atoms with van der Waals surface area (Å²) in [6, 6.07) is 7.69. The number of ether oxygens (including phenoxy) is 1. The average Bonchev–Trinajstić information content (AvgIpc) is 2.43. The summed E-state index contributed by atoms with van der Waals surface area (Å²) in [5, 5.41) is 3.75. The number of hydrogen-bond donors (Lipinski definition) is 1. The number of rotatable bonds is 5. The maximum atomic E-state index is 6.13. The fourth-order valence-corrected chi connectivity index (χ4v) is 2.07. The van der Waals surface area contributed by atoms with Crippen molar-refractivity contribution in [2.24, 2.45) is 0 Å². The van der Waals surface area contributed by atoms with Crippen molar-refractivity contribution in [2.45, 2.75) is 19.8 Å². The van der Waals surface area contributed by atoms with Crippen molar-refractivity contribution < 1.29 is 4.74 Å². The molecule has 4 nitrogen and oxygen atoms in total.